The Hall–Kier alpha value is -1.51. The molecule has 2 nitrogen and oxygen atoms in total. The van der Waals surface area contributed by atoms with Crippen LogP contribution in [0.3, 0.4) is 0 Å². The van der Waals surface area contributed by atoms with E-state index in [-0.39, 0.29) is 12.6 Å². The lowest BCUT2D eigenvalue weighted by Crippen LogP contribution is -2.22. The summed E-state index contributed by atoms with van der Waals surface area (Å²) in [7, 11) is 2.08. The summed E-state index contributed by atoms with van der Waals surface area (Å²) in [6.07, 6.45) is 0. The Morgan fingerprint density at radius 2 is 1.95 bits per heavy atom. The highest BCUT2D eigenvalue weighted by atomic mass is 35.5. The lowest BCUT2D eigenvalue weighted by Gasteiger charge is -2.29. The molecule has 0 heterocycles. The number of halogens is 1. The van der Waals surface area contributed by atoms with E-state index in [1.54, 1.807) is 0 Å². The summed E-state index contributed by atoms with van der Waals surface area (Å²) in [5.41, 5.74) is 4.45. The summed E-state index contributed by atoms with van der Waals surface area (Å²) in [6, 6.07) is 14.2. The lowest BCUT2D eigenvalue weighted by molar-refractivity contribution is 0.282. The third-order valence-corrected chi connectivity index (χ3v) is 3.97. The van der Waals surface area contributed by atoms with Gasteiger partial charge in [-0.1, -0.05) is 35.9 Å². The Balaban J connectivity index is 2.28. The first-order chi connectivity index (χ1) is 9.52. The van der Waals surface area contributed by atoms with Crippen LogP contribution in [0.15, 0.2) is 42.5 Å². The SMILES string of the molecule is Cc1cc(CO)ccc1N(C)C(C)c1cccc(Cl)c1. The van der Waals surface area contributed by atoms with Gasteiger partial charge in [0.05, 0.1) is 12.6 Å². The first-order valence-electron chi connectivity index (χ1n) is 6.71. The summed E-state index contributed by atoms with van der Waals surface area (Å²) >= 11 is 6.06. The van der Waals surface area contributed by atoms with Gasteiger partial charge in [0.2, 0.25) is 0 Å². The second-order valence-electron chi connectivity index (χ2n) is 5.12. The summed E-state index contributed by atoms with van der Waals surface area (Å²) in [5.74, 6) is 0. The lowest BCUT2D eigenvalue weighted by atomic mass is 10.0. The molecule has 0 aliphatic heterocycles. The number of hydrogen-bond donors (Lipinski definition) is 1. The average Bonchev–Trinajstić information content (AvgIpc) is 2.45. The predicted octanol–water partition coefficient (Wildman–Crippen LogP) is 4.34. The standard InChI is InChI=1S/C17H20ClNO/c1-12-9-14(11-20)7-8-17(12)19(3)13(2)15-5-4-6-16(18)10-15/h4-10,13,20H,11H2,1-3H3. The third kappa shape index (κ3) is 3.14. The van der Waals surface area contributed by atoms with Crippen LogP contribution in [0.25, 0.3) is 0 Å². The van der Waals surface area contributed by atoms with Crippen molar-refractivity contribution in [3.8, 4) is 0 Å². The fourth-order valence-corrected chi connectivity index (χ4v) is 2.61. The van der Waals surface area contributed by atoms with Crippen LogP contribution in [0, 0.1) is 6.92 Å². The van der Waals surface area contributed by atoms with Gasteiger partial charge < -0.3 is 10.0 Å². The second-order valence-corrected chi connectivity index (χ2v) is 5.56. The van der Waals surface area contributed by atoms with Crippen LogP contribution in [0.1, 0.15) is 29.7 Å². The molecule has 0 radical (unpaired) electrons. The highest BCUT2D eigenvalue weighted by Gasteiger charge is 2.14. The minimum Gasteiger partial charge on any atom is -0.392 e. The normalized spacial score (nSPS) is 12.2. The Labute approximate surface area is 125 Å². The largest absolute Gasteiger partial charge is 0.392 e. The predicted molar refractivity (Wildman–Crippen MR) is 85.4 cm³/mol. The van der Waals surface area contributed by atoms with Gasteiger partial charge in [-0.3, -0.25) is 0 Å². The molecule has 3 heteroatoms. The van der Waals surface area contributed by atoms with Crippen molar-refractivity contribution in [1.82, 2.24) is 0 Å². The molecule has 1 unspecified atom stereocenters. The second kappa shape index (κ2) is 6.29. The first-order valence-corrected chi connectivity index (χ1v) is 7.09. The summed E-state index contributed by atoms with van der Waals surface area (Å²) < 4.78 is 0. The molecule has 0 amide bonds. The van der Waals surface area contributed by atoms with Crippen LogP contribution in [0.4, 0.5) is 5.69 Å². The fourth-order valence-electron chi connectivity index (χ4n) is 2.41. The molecular weight excluding hydrogens is 270 g/mol. The van der Waals surface area contributed by atoms with Crippen LogP contribution in [0.5, 0.6) is 0 Å². The monoisotopic (exact) mass is 289 g/mol. The molecular formula is C17H20ClNO. The Kier molecular flexibility index (Phi) is 4.69. The summed E-state index contributed by atoms with van der Waals surface area (Å²) in [5, 5.41) is 9.94. The van der Waals surface area contributed by atoms with Crippen molar-refractivity contribution in [2.45, 2.75) is 26.5 Å². The van der Waals surface area contributed by atoms with E-state index in [1.165, 1.54) is 5.56 Å². The van der Waals surface area contributed by atoms with Crippen molar-refractivity contribution in [3.05, 3.63) is 64.2 Å². The number of aryl methyl sites for hydroxylation is 1. The first kappa shape index (κ1) is 14.9. The summed E-state index contributed by atoms with van der Waals surface area (Å²) in [4.78, 5) is 2.22. The molecule has 0 aliphatic rings. The molecule has 106 valence electrons. The molecule has 0 fully saturated rings. The molecule has 0 bridgehead atoms. The van der Waals surface area contributed by atoms with Crippen LogP contribution in [0.2, 0.25) is 5.02 Å². The van der Waals surface area contributed by atoms with Crippen molar-refractivity contribution >= 4 is 17.3 Å². The quantitative estimate of drug-likeness (QED) is 0.905. The molecule has 0 aromatic heterocycles. The van der Waals surface area contributed by atoms with E-state index < -0.39 is 0 Å². The van der Waals surface area contributed by atoms with Gasteiger partial charge in [0, 0.05) is 17.8 Å². The van der Waals surface area contributed by atoms with Crippen LogP contribution in [-0.2, 0) is 6.61 Å². The Bertz CT molecular complexity index is 597. The maximum atomic E-state index is 9.18. The van der Waals surface area contributed by atoms with E-state index in [9.17, 15) is 5.11 Å². The molecule has 0 saturated carbocycles. The van der Waals surface area contributed by atoms with E-state index in [0.29, 0.717) is 0 Å². The van der Waals surface area contributed by atoms with Crippen LogP contribution >= 0.6 is 11.6 Å². The molecule has 1 atom stereocenters. The smallest absolute Gasteiger partial charge is 0.0681 e. The summed E-state index contributed by atoms with van der Waals surface area (Å²) in [6.45, 7) is 4.30. The van der Waals surface area contributed by atoms with E-state index in [1.807, 2.05) is 30.3 Å². The zero-order chi connectivity index (χ0) is 14.7. The minimum atomic E-state index is 0.0781. The number of nitrogens with zero attached hydrogens (tertiary/aromatic N) is 1. The maximum absolute atomic E-state index is 9.18. The number of anilines is 1. The molecule has 1 N–H and O–H groups in total. The van der Waals surface area contributed by atoms with Crippen molar-refractivity contribution in [2.24, 2.45) is 0 Å². The van der Waals surface area contributed by atoms with Crippen LogP contribution in [-0.4, -0.2) is 12.2 Å². The Morgan fingerprint density at radius 3 is 2.55 bits per heavy atom. The number of aliphatic hydroxyl groups is 1. The average molecular weight is 290 g/mol. The maximum Gasteiger partial charge on any atom is 0.0681 e. The van der Waals surface area contributed by atoms with Gasteiger partial charge in [-0.2, -0.15) is 0 Å². The van der Waals surface area contributed by atoms with Gasteiger partial charge in [-0.25, -0.2) is 0 Å². The molecule has 0 aliphatic carbocycles. The third-order valence-electron chi connectivity index (χ3n) is 3.74. The molecule has 2 rings (SSSR count). The van der Waals surface area contributed by atoms with Crippen molar-refractivity contribution < 1.29 is 5.11 Å². The van der Waals surface area contributed by atoms with Crippen molar-refractivity contribution in [2.75, 3.05) is 11.9 Å². The fraction of sp³-hybridized carbons (Fsp3) is 0.294. The Morgan fingerprint density at radius 1 is 1.20 bits per heavy atom. The van der Waals surface area contributed by atoms with Gasteiger partial charge in [0.25, 0.3) is 0 Å². The molecule has 0 spiro atoms. The van der Waals surface area contributed by atoms with Gasteiger partial charge >= 0.3 is 0 Å². The minimum absolute atomic E-state index is 0.0781. The van der Waals surface area contributed by atoms with Gasteiger partial charge in [0.1, 0.15) is 0 Å². The van der Waals surface area contributed by atoms with Gasteiger partial charge in [-0.15, -0.1) is 0 Å². The van der Waals surface area contributed by atoms with Crippen molar-refractivity contribution in [1.29, 1.82) is 0 Å². The number of rotatable bonds is 4. The zero-order valence-corrected chi connectivity index (χ0v) is 12.9. The number of benzene rings is 2. The van der Waals surface area contributed by atoms with Gasteiger partial charge in [0.15, 0.2) is 0 Å². The molecule has 2 aromatic rings. The molecule has 2 aromatic carbocycles. The molecule has 20 heavy (non-hydrogen) atoms. The van der Waals surface area contributed by atoms with E-state index >= 15 is 0 Å². The molecule has 0 saturated heterocycles. The topological polar surface area (TPSA) is 23.5 Å². The highest BCUT2D eigenvalue weighted by Crippen LogP contribution is 2.29. The van der Waals surface area contributed by atoms with E-state index in [0.717, 1.165) is 21.8 Å². The number of aliphatic hydroxyl groups excluding tert-OH is 1. The van der Waals surface area contributed by atoms with Crippen molar-refractivity contribution in [3.63, 3.8) is 0 Å². The van der Waals surface area contributed by atoms with Crippen LogP contribution < -0.4 is 4.90 Å². The van der Waals surface area contributed by atoms with Gasteiger partial charge in [-0.05, 0) is 48.7 Å². The van der Waals surface area contributed by atoms with E-state index in [4.69, 9.17) is 11.6 Å². The van der Waals surface area contributed by atoms with E-state index in [2.05, 4.69) is 37.9 Å². The highest BCUT2D eigenvalue weighted by molar-refractivity contribution is 6.30. The number of hydrogen-bond acceptors (Lipinski definition) is 2. The zero-order valence-electron chi connectivity index (χ0n) is 12.1.